The lowest BCUT2D eigenvalue weighted by molar-refractivity contribution is -0.144. The van der Waals surface area contributed by atoms with Crippen molar-refractivity contribution < 1.29 is 9.53 Å². The number of esters is 1. The number of thioether (sulfide) groups is 1. The van der Waals surface area contributed by atoms with Gasteiger partial charge in [0.2, 0.25) is 0 Å². The molecule has 0 radical (unpaired) electrons. The van der Waals surface area contributed by atoms with Crippen LogP contribution in [0.3, 0.4) is 0 Å². The summed E-state index contributed by atoms with van der Waals surface area (Å²) >= 11 is 1.57. The van der Waals surface area contributed by atoms with Gasteiger partial charge in [-0.25, -0.2) is 4.98 Å². The number of hydrogen-bond acceptors (Lipinski definition) is 5. The zero-order valence-electron chi connectivity index (χ0n) is 14.3. The minimum absolute atomic E-state index is 0.139. The van der Waals surface area contributed by atoms with E-state index in [4.69, 9.17) is 10.00 Å². The normalized spacial score (nSPS) is 11.7. The van der Waals surface area contributed by atoms with Crippen molar-refractivity contribution in [1.82, 2.24) is 4.98 Å². The highest BCUT2D eigenvalue weighted by molar-refractivity contribution is 7.99. The van der Waals surface area contributed by atoms with Crippen molar-refractivity contribution >= 4 is 17.7 Å². The quantitative estimate of drug-likeness (QED) is 0.465. The number of carbonyl (C=O) groups is 1. The molecule has 1 rings (SSSR count). The van der Waals surface area contributed by atoms with Crippen LogP contribution in [0.15, 0.2) is 17.2 Å². The van der Waals surface area contributed by atoms with Crippen LogP contribution in [-0.4, -0.2) is 23.3 Å². The lowest BCUT2D eigenvalue weighted by Gasteiger charge is -2.14. The van der Waals surface area contributed by atoms with E-state index < -0.39 is 0 Å². The van der Waals surface area contributed by atoms with E-state index in [1.54, 1.807) is 18.0 Å². The summed E-state index contributed by atoms with van der Waals surface area (Å²) in [4.78, 5) is 16.9. The van der Waals surface area contributed by atoms with E-state index in [2.05, 4.69) is 24.9 Å². The Morgan fingerprint density at radius 2 is 2.26 bits per heavy atom. The standard InChI is InChI=1S/C18H26N2O2S/c1-4-6-7-15(5-2)13-22-18(21)9-11-23-17-8-10-20-16(12-19)14(17)3/h8,10,15H,4-7,9,11,13H2,1-3H3. The van der Waals surface area contributed by atoms with E-state index in [9.17, 15) is 4.79 Å². The Kier molecular flexibility index (Phi) is 9.39. The summed E-state index contributed by atoms with van der Waals surface area (Å²) in [5, 5.41) is 8.97. The second kappa shape index (κ2) is 11.1. The van der Waals surface area contributed by atoms with Gasteiger partial charge in [-0.15, -0.1) is 11.8 Å². The lowest BCUT2D eigenvalue weighted by atomic mass is 10.0. The van der Waals surface area contributed by atoms with Gasteiger partial charge >= 0.3 is 5.97 Å². The molecule has 1 aromatic rings. The Hall–Kier alpha value is -1.54. The highest BCUT2D eigenvalue weighted by Crippen LogP contribution is 2.24. The number of ether oxygens (including phenoxy) is 1. The number of carbonyl (C=O) groups excluding carboxylic acids is 1. The minimum Gasteiger partial charge on any atom is -0.465 e. The van der Waals surface area contributed by atoms with E-state index in [-0.39, 0.29) is 5.97 Å². The zero-order chi connectivity index (χ0) is 17.1. The summed E-state index contributed by atoms with van der Waals surface area (Å²) in [6.07, 6.45) is 6.56. The molecule has 0 amide bonds. The Morgan fingerprint density at radius 3 is 2.91 bits per heavy atom. The zero-order valence-corrected chi connectivity index (χ0v) is 15.1. The molecule has 4 nitrogen and oxygen atoms in total. The molecule has 1 atom stereocenters. The topological polar surface area (TPSA) is 63.0 Å². The number of unbranched alkanes of at least 4 members (excludes halogenated alkanes) is 1. The van der Waals surface area contributed by atoms with Crippen molar-refractivity contribution in [3.8, 4) is 6.07 Å². The first kappa shape index (κ1) is 19.5. The summed E-state index contributed by atoms with van der Waals surface area (Å²) < 4.78 is 5.39. The average molecular weight is 334 g/mol. The van der Waals surface area contributed by atoms with Crippen molar-refractivity contribution in [2.45, 2.75) is 57.8 Å². The molecular weight excluding hydrogens is 308 g/mol. The Bertz CT molecular complexity index is 540. The van der Waals surface area contributed by atoms with Crippen LogP contribution in [0.1, 0.15) is 57.2 Å². The molecule has 23 heavy (non-hydrogen) atoms. The molecule has 0 aromatic carbocycles. The Labute approximate surface area is 143 Å². The SMILES string of the molecule is CCCCC(CC)COC(=O)CCSc1ccnc(C#N)c1C. The summed E-state index contributed by atoms with van der Waals surface area (Å²) in [6, 6.07) is 3.95. The molecule has 0 spiro atoms. The van der Waals surface area contributed by atoms with Gasteiger partial charge in [-0.2, -0.15) is 5.26 Å². The van der Waals surface area contributed by atoms with Crippen LogP contribution in [-0.2, 0) is 9.53 Å². The van der Waals surface area contributed by atoms with Crippen LogP contribution in [0, 0.1) is 24.2 Å². The first-order valence-electron chi connectivity index (χ1n) is 8.26. The molecule has 0 bridgehead atoms. The summed E-state index contributed by atoms with van der Waals surface area (Å²) in [7, 11) is 0. The van der Waals surface area contributed by atoms with Crippen molar-refractivity contribution in [2.75, 3.05) is 12.4 Å². The molecule has 1 unspecified atom stereocenters. The first-order chi connectivity index (χ1) is 11.1. The van der Waals surface area contributed by atoms with Gasteiger partial charge in [0.25, 0.3) is 0 Å². The summed E-state index contributed by atoms with van der Waals surface area (Å²) in [5.41, 5.74) is 1.32. The van der Waals surface area contributed by atoms with Gasteiger partial charge in [-0.3, -0.25) is 4.79 Å². The molecule has 0 aliphatic carbocycles. The molecule has 5 heteroatoms. The number of rotatable bonds is 10. The predicted octanol–water partition coefficient (Wildman–Crippen LogP) is 4.50. The van der Waals surface area contributed by atoms with Gasteiger partial charge < -0.3 is 4.74 Å². The van der Waals surface area contributed by atoms with Gasteiger partial charge in [0, 0.05) is 16.8 Å². The van der Waals surface area contributed by atoms with Crippen molar-refractivity contribution in [3.05, 3.63) is 23.5 Å². The van der Waals surface area contributed by atoms with Gasteiger partial charge in [0.05, 0.1) is 13.0 Å². The average Bonchev–Trinajstić information content (AvgIpc) is 2.56. The molecule has 0 aliphatic rings. The fourth-order valence-electron chi connectivity index (χ4n) is 2.21. The third-order valence-corrected chi connectivity index (χ3v) is 5.01. The van der Waals surface area contributed by atoms with Gasteiger partial charge in [-0.1, -0.05) is 33.1 Å². The largest absolute Gasteiger partial charge is 0.465 e. The van der Waals surface area contributed by atoms with Crippen LogP contribution < -0.4 is 0 Å². The molecule has 0 saturated heterocycles. The molecule has 0 N–H and O–H groups in total. The maximum absolute atomic E-state index is 11.8. The molecule has 0 aliphatic heterocycles. The van der Waals surface area contributed by atoms with Crippen LogP contribution in [0.5, 0.6) is 0 Å². The van der Waals surface area contributed by atoms with Gasteiger partial charge in [0.1, 0.15) is 11.8 Å². The third kappa shape index (κ3) is 7.04. The molecule has 0 saturated carbocycles. The van der Waals surface area contributed by atoms with E-state index >= 15 is 0 Å². The second-order valence-electron chi connectivity index (χ2n) is 5.59. The van der Waals surface area contributed by atoms with Gasteiger partial charge in [0.15, 0.2) is 0 Å². The van der Waals surface area contributed by atoms with E-state index in [0.29, 0.717) is 30.4 Å². The van der Waals surface area contributed by atoms with Gasteiger partial charge in [-0.05, 0) is 30.9 Å². The van der Waals surface area contributed by atoms with Crippen molar-refractivity contribution in [1.29, 1.82) is 5.26 Å². The molecule has 126 valence electrons. The number of pyridine rings is 1. The minimum atomic E-state index is -0.139. The maximum Gasteiger partial charge on any atom is 0.306 e. The van der Waals surface area contributed by atoms with Crippen LogP contribution in [0.2, 0.25) is 0 Å². The predicted molar refractivity (Wildman–Crippen MR) is 93.3 cm³/mol. The van der Waals surface area contributed by atoms with Crippen LogP contribution in [0.25, 0.3) is 0 Å². The van der Waals surface area contributed by atoms with Crippen LogP contribution in [0.4, 0.5) is 0 Å². The molecular formula is C18H26N2O2S. The van der Waals surface area contributed by atoms with E-state index in [1.165, 1.54) is 12.8 Å². The van der Waals surface area contributed by atoms with Crippen molar-refractivity contribution in [3.63, 3.8) is 0 Å². The van der Waals surface area contributed by atoms with Crippen LogP contribution >= 0.6 is 11.8 Å². The Morgan fingerprint density at radius 1 is 1.48 bits per heavy atom. The summed E-state index contributed by atoms with van der Waals surface area (Å²) in [5.74, 6) is 0.993. The molecule has 1 heterocycles. The highest BCUT2D eigenvalue weighted by Gasteiger charge is 2.11. The van der Waals surface area contributed by atoms with Crippen molar-refractivity contribution in [2.24, 2.45) is 5.92 Å². The first-order valence-corrected chi connectivity index (χ1v) is 9.25. The monoisotopic (exact) mass is 334 g/mol. The number of nitriles is 1. The molecule has 0 fully saturated rings. The third-order valence-electron chi connectivity index (χ3n) is 3.85. The maximum atomic E-state index is 11.8. The second-order valence-corrected chi connectivity index (χ2v) is 6.73. The van der Waals surface area contributed by atoms with E-state index in [0.717, 1.165) is 23.3 Å². The number of aromatic nitrogens is 1. The highest BCUT2D eigenvalue weighted by atomic mass is 32.2. The summed E-state index contributed by atoms with van der Waals surface area (Å²) in [6.45, 7) is 6.73. The lowest BCUT2D eigenvalue weighted by Crippen LogP contribution is -2.14. The fraction of sp³-hybridized carbons (Fsp3) is 0.611. The number of hydrogen-bond donors (Lipinski definition) is 0. The smallest absolute Gasteiger partial charge is 0.306 e. The fourth-order valence-corrected chi connectivity index (χ4v) is 3.17. The Balaban J connectivity index is 2.33. The van der Waals surface area contributed by atoms with E-state index in [1.807, 2.05) is 13.0 Å². The molecule has 1 aromatic heterocycles. The number of nitrogens with zero attached hydrogens (tertiary/aromatic N) is 2.